The molecule has 0 atom stereocenters. The van der Waals surface area contributed by atoms with E-state index < -0.39 is 0 Å². The van der Waals surface area contributed by atoms with Crippen molar-refractivity contribution in [3.63, 3.8) is 0 Å². The van der Waals surface area contributed by atoms with E-state index in [1.807, 2.05) is 18.2 Å². The highest BCUT2D eigenvalue weighted by atomic mass is 16.2. The number of fused-ring (bicyclic) bond motifs is 1. The monoisotopic (exact) mass is 306 g/mol. The Kier molecular flexibility index (Phi) is 3.95. The van der Waals surface area contributed by atoms with Gasteiger partial charge in [-0.25, -0.2) is 0 Å². The van der Waals surface area contributed by atoms with E-state index in [1.165, 1.54) is 11.3 Å². The minimum atomic E-state index is 0.0328. The van der Waals surface area contributed by atoms with E-state index in [4.69, 9.17) is 0 Å². The molecule has 0 spiro atoms. The summed E-state index contributed by atoms with van der Waals surface area (Å²) in [4.78, 5) is 13.8. The molecule has 23 heavy (non-hydrogen) atoms. The van der Waals surface area contributed by atoms with Crippen molar-refractivity contribution >= 4 is 16.8 Å². The first-order valence-electron chi connectivity index (χ1n) is 7.91. The lowest BCUT2D eigenvalue weighted by Crippen LogP contribution is -2.21. The van der Waals surface area contributed by atoms with Crippen molar-refractivity contribution in [2.24, 2.45) is 0 Å². The number of nitrogens with zero attached hydrogens (tertiary/aromatic N) is 2. The minimum absolute atomic E-state index is 0.0328. The van der Waals surface area contributed by atoms with Gasteiger partial charge in [0.15, 0.2) is 0 Å². The predicted octanol–water partition coefficient (Wildman–Crippen LogP) is 4.59. The van der Waals surface area contributed by atoms with E-state index >= 15 is 0 Å². The Bertz CT molecular complexity index is 845. The first kappa shape index (κ1) is 15.3. The Morgan fingerprint density at radius 1 is 1.00 bits per heavy atom. The molecule has 1 amide bonds. The van der Waals surface area contributed by atoms with Gasteiger partial charge in [0.1, 0.15) is 0 Å². The molecule has 0 unspecified atom stereocenters. The van der Waals surface area contributed by atoms with Gasteiger partial charge in [0.2, 0.25) is 0 Å². The second-order valence-corrected chi connectivity index (χ2v) is 6.33. The normalized spacial score (nSPS) is 11.2. The van der Waals surface area contributed by atoms with Crippen molar-refractivity contribution in [1.29, 1.82) is 0 Å². The van der Waals surface area contributed by atoms with Crippen LogP contribution in [-0.2, 0) is 0 Å². The highest BCUT2D eigenvalue weighted by Crippen LogP contribution is 2.32. The first-order valence-corrected chi connectivity index (χ1v) is 7.91. The molecule has 2 aromatic carbocycles. The molecule has 0 fully saturated rings. The van der Waals surface area contributed by atoms with Crippen LogP contribution in [0.25, 0.3) is 22.2 Å². The van der Waals surface area contributed by atoms with E-state index in [2.05, 4.69) is 54.8 Å². The van der Waals surface area contributed by atoms with Gasteiger partial charge in [0.25, 0.3) is 5.91 Å². The number of benzene rings is 2. The standard InChI is InChI=1S/C20H22N2O/c1-14(2)22-18-11-10-16(20(23)21(3)4)12-17(18)13-19(22)15-8-6-5-7-9-15/h5-14H,1-4H3. The average Bonchev–Trinajstić information content (AvgIpc) is 2.93. The van der Waals surface area contributed by atoms with E-state index in [1.54, 1.807) is 19.0 Å². The van der Waals surface area contributed by atoms with Crippen LogP contribution in [0.3, 0.4) is 0 Å². The molecule has 0 saturated heterocycles. The van der Waals surface area contributed by atoms with Crippen LogP contribution in [0.4, 0.5) is 0 Å². The van der Waals surface area contributed by atoms with E-state index in [-0.39, 0.29) is 5.91 Å². The Labute approximate surface area is 137 Å². The van der Waals surface area contributed by atoms with Crippen molar-refractivity contribution in [2.45, 2.75) is 19.9 Å². The third-order valence-electron chi connectivity index (χ3n) is 4.08. The number of carbonyl (C=O) groups is 1. The summed E-state index contributed by atoms with van der Waals surface area (Å²) in [5, 5.41) is 1.10. The fourth-order valence-electron chi connectivity index (χ4n) is 3.02. The second-order valence-electron chi connectivity index (χ2n) is 6.33. The van der Waals surface area contributed by atoms with Gasteiger partial charge >= 0.3 is 0 Å². The van der Waals surface area contributed by atoms with Crippen molar-refractivity contribution in [2.75, 3.05) is 14.1 Å². The summed E-state index contributed by atoms with van der Waals surface area (Å²) in [7, 11) is 3.56. The molecule has 1 aromatic heterocycles. The van der Waals surface area contributed by atoms with Crippen LogP contribution in [0.15, 0.2) is 54.6 Å². The Morgan fingerprint density at radius 3 is 2.30 bits per heavy atom. The number of rotatable bonds is 3. The first-order chi connectivity index (χ1) is 11.0. The number of amides is 1. The van der Waals surface area contributed by atoms with Crippen LogP contribution in [-0.4, -0.2) is 29.5 Å². The maximum atomic E-state index is 12.2. The number of hydrogen-bond acceptors (Lipinski definition) is 1. The van der Waals surface area contributed by atoms with Crippen LogP contribution in [0.1, 0.15) is 30.2 Å². The summed E-state index contributed by atoms with van der Waals surface area (Å²) in [6.45, 7) is 4.37. The van der Waals surface area contributed by atoms with Crippen LogP contribution in [0, 0.1) is 0 Å². The zero-order valence-corrected chi connectivity index (χ0v) is 14.1. The molecule has 3 rings (SSSR count). The zero-order valence-electron chi connectivity index (χ0n) is 14.1. The maximum Gasteiger partial charge on any atom is 0.253 e. The van der Waals surface area contributed by atoms with Crippen molar-refractivity contribution in [3.8, 4) is 11.3 Å². The summed E-state index contributed by atoms with van der Waals surface area (Å²) in [6, 6.07) is 18.9. The molecule has 0 bridgehead atoms. The summed E-state index contributed by atoms with van der Waals surface area (Å²) in [6.07, 6.45) is 0. The molecule has 0 saturated carbocycles. The van der Waals surface area contributed by atoms with Gasteiger partial charge in [-0.3, -0.25) is 4.79 Å². The molecule has 118 valence electrons. The molecule has 0 radical (unpaired) electrons. The lowest BCUT2D eigenvalue weighted by atomic mass is 10.1. The van der Waals surface area contributed by atoms with Gasteiger partial charge in [0, 0.05) is 42.3 Å². The zero-order chi connectivity index (χ0) is 16.6. The molecule has 0 aliphatic carbocycles. The SMILES string of the molecule is CC(C)n1c(-c2ccccc2)cc2cc(C(=O)N(C)C)ccc21. The van der Waals surface area contributed by atoms with Crippen LogP contribution >= 0.6 is 0 Å². The van der Waals surface area contributed by atoms with E-state index in [9.17, 15) is 4.79 Å². The summed E-state index contributed by atoms with van der Waals surface area (Å²) in [5.41, 5.74) is 4.26. The molecule has 3 nitrogen and oxygen atoms in total. The van der Waals surface area contributed by atoms with Gasteiger partial charge in [-0.2, -0.15) is 0 Å². The van der Waals surface area contributed by atoms with Crippen LogP contribution in [0.5, 0.6) is 0 Å². The quantitative estimate of drug-likeness (QED) is 0.694. The highest BCUT2D eigenvalue weighted by molar-refractivity contribution is 5.99. The summed E-state index contributed by atoms with van der Waals surface area (Å²) < 4.78 is 2.33. The Balaban J connectivity index is 2.21. The predicted molar refractivity (Wildman–Crippen MR) is 95.8 cm³/mol. The third-order valence-corrected chi connectivity index (χ3v) is 4.08. The molecule has 0 N–H and O–H groups in total. The molecule has 0 aliphatic heterocycles. The second kappa shape index (κ2) is 5.92. The fourth-order valence-corrected chi connectivity index (χ4v) is 3.02. The topological polar surface area (TPSA) is 25.2 Å². The van der Waals surface area contributed by atoms with Crippen molar-refractivity contribution < 1.29 is 4.79 Å². The fraction of sp³-hybridized carbons (Fsp3) is 0.250. The highest BCUT2D eigenvalue weighted by Gasteiger charge is 2.15. The van der Waals surface area contributed by atoms with Gasteiger partial charge in [-0.15, -0.1) is 0 Å². The number of carbonyl (C=O) groups excluding carboxylic acids is 1. The van der Waals surface area contributed by atoms with Crippen LogP contribution in [0.2, 0.25) is 0 Å². The van der Waals surface area contributed by atoms with Gasteiger partial charge < -0.3 is 9.47 Å². The van der Waals surface area contributed by atoms with E-state index in [0.29, 0.717) is 6.04 Å². The number of hydrogen-bond donors (Lipinski definition) is 0. The minimum Gasteiger partial charge on any atom is -0.345 e. The third kappa shape index (κ3) is 2.74. The lowest BCUT2D eigenvalue weighted by Gasteiger charge is -2.15. The average molecular weight is 306 g/mol. The largest absolute Gasteiger partial charge is 0.345 e. The van der Waals surface area contributed by atoms with Crippen molar-refractivity contribution in [3.05, 3.63) is 60.2 Å². The van der Waals surface area contributed by atoms with Crippen molar-refractivity contribution in [1.82, 2.24) is 9.47 Å². The smallest absolute Gasteiger partial charge is 0.253 e. The van der Waals surface area contributed by atoms with Gasteiger partial charge in [-0.05, 0) is 43.7 Å². The molecule has 1 heterocycles. The molecule has 3 aromatic rings. The molecular weight excluding hydrogens is 284 g/mol. The molecule has 3 heteroatoms. The van der Waals surface area contributed by atoms with Crippen LogP contribution < -0.4 is 0 Å². The van der Waals surface area contributed by atoms with Gasteiger partial charge in [0.05, 0.1) is 0 Å². The molecular formula is C20H22N2O. The number of aromatic nitrogens is 1. The summed E-state index contributed by atoms with van der Waals surface area (Å²) in [5.74, 6) is 0.0328. The summed E-state index contributed by atoms with van der Waals surface area (Å²) >= 11 is 0. The Morgan fingerprint density at radius 2 is 1.70 bits per heavy atom. The lowest BCUT2D eigenvalue weighted by molar-refractivity contribution is 0.0828. The maximum absolute atomic E-state index is 12.2. The van der Waals surface area contributed by atoms with E-state index in [0.717, 1.165) is 16.5 Å². The van der Waals surface area contributed by atoms with Gasteiger partial charge in [-0.1, -0.05) is 30.3 Å². The Hall–Kier alpha value is -2.55. The molecule has 0 aliphatic rings.